The van der Waals surface area contributed by atoms with Crippen molar-refractivity contribution >= 4 is 35.4 Å². The van der Waals surface area contributed by atoms with Gasteiger partial charge >= 0.3 is 17.9 Å². The zero-order valence-corrected chi connectivity index (χ0v) is 31.0. The number of rotatable bonds is 6. The number of hydrogen-bond donors (Lipinski definition) is 0. The highest BCUT2D eigenvalue weighted by Crippen LogP contribution is 2.67. The molecule has 3 aromatic rings. The van der Waals surface area contributed by atoms with E-state index in [9.17, 15) is 19.6 Å². The van der Waals surface area contributed by atoms with Crippen LogP contribution in [0.5, 0.6) is 11.5 Å². The maximum absolute atomic E-state index is 14.3. The molecule has 0 radical (unpaired) electrons. The Morgan fingerprint density at radius 3 is 1.63 bits per heavy atom. The average molecular weight is 717 g/mol. The molecule has 2 fully saturated rings. The highest BCUT2D eigenvalue weighted by molar-refractivity contribution is 8.04. The first-order valence-corrected chi connectivity index (χ1v) is 19.6. The Morgan fingerprint density at radius 1 is 0.750 bits per heavy atom. The van der Waals surface area contributed by atoms with E-state index in [4.69, 9.17) is 14.2 Å². The first-order chi connectivity index (χ1) is 25.2. The van der Waals surface area contributed by atoms with Gasteiger partial charge in [-0.25, -0.2) is 4.79 Å². The molecule has 6 aliphatic rings. The molecule has 2 saturated carbocycles. The Hall–Kier alpha value is -4.55. The third-order valence-electron chi connectivity index (χ3n) is 12.0. The predicted octanol–water partition coefficient (Wildman–Crippen LogP) is 8.98. The van der Waals surface area contributed by atoms with Crippen LogP contribution in [0.2, 0.25) is 0 Å². The lowest BCUT2D eigenvalue weighted by molar-refractivity contribution is -0.141. The molecule has 5 aliphatic carbocycles. The topological polar surface area (TPSA) is 106 Å². The third-order valence-corrected chi connectivity index (χ3v) is 13.2. The number of nitrogens with zero attached hydrogens (tertiary/aromatic N) is 2. The van der Waals surface area contributed by atoms with Gasteiger partial charge in [-0.1, -0.05) is 74.1 Å². The number of carbonyl (C=O) groups is 3. The fourth-order valence-corrected chi connectivity index (χ4v) is 10.4. The molecule has 2 bridgehead atoms. The second-order valence-electron chi connectivity index (χ2n) is 15.2. The highest BCUT2D eigenvalue weighted by atomic mass is 32.2. The Bertz CT molecular complexity index is 2000. The lowest BCUT2D eigenvalue weighted by atomic mass is 9.60. The van der Waals surface area contributed by atoms with Crippen molar-refractivity contribution in [2.75, 3.05) is 18.6 Å². The van der Waals surface area contributed by atoms with Crippen LogP contribution in [0.4, 0.5) is 5.69 Å². The summed E-state index contributed by atoms with van der Waals surface area (Å²) in [6.07, 6.45) is 6.89. The van der Waals surface area contributed by atoms with Gasteiger partial charge in [0.15, 0.2) is 17.1 Å². The summed E-state index contributed by atoms with van der Waals surface area (Å²) in [5.74, 6) is -0.386. The maximum Gasteiger partial charge on any atom is 0.351 e. The number of esters is 3. The molecule has 268 valence electrons. The van der Waals surface area contributed by atoms with Gasteiger partial charge < -0.3 is 19.1 Å². The van der Waals surface area contributed by atoms with Crippen LogP contribution < -0.4 is 14.4 Å². The van der Waals surface area contributed by atoms with Crippen molar-refractivity contribution in [3.8, 4) is 17.6 Å². The van der Waals surface area contributed by atoms with Gasteiger partial charge in [0, 0.05) is 30.0 Å². The molecule has 9 rings (SSSR count). The Labute approximate surface area is 309 Å². The maximum atomic E-state index is 14.3. The van der Waals surface area contributed by atoms with Crippen molar-refractivity contribution in [2.45, 2.75) is 88.9 Å². The molecule has 8 nitrogen and oxygen atoms in total. The molecule has 0 unspecified atom stereocenters. The van der Waals surface area contributed by atoms with Crippen LogP contribution in [0.15, 0.2) is 64.0 Å². The first-order valence-electron chi connectivity index (χ1n) is 18.8. The Balaban J connectivity index is 1.38. The molecule has 0 aromatic heterocycles. The van der Waals surface area contributed by atoms with E-state index < -0.39 is 5.97 Å². The molecule has 3 aromatic carbocycles. The van der Waals surface area contributed by atoms with E-state index in [0.29, 0.717) is 38.9 Å². The number of benzene rings is 3. The third kappa shape index (κ3) is 5.62. The molecular formula is C43H44N2O6S. The standard InChI is InChI=1S/C43H44N2O6S/c1-5-49-43(48)31(22-44)40-45(4)36-37(50-41(46)25-18-14-23(2)15-19-25)34-32-27-10-6-8-12-29(27)33(30-13-9-7-11-28(30)32)35(34)38(39(36)52-40)51-42(47)26-20-16-24(3)17-21-26/h6-13,23-26,32-33H,5,14-21H2,1-4H3/b40-31+. The molecule has 9 heteroatoms. The van der Waals surface area contributed by atoms with Crippen LogP contribution in [-0.4, -0.2) is 31.6 Å². The predicted molar refractivity (Wildman–Crippen MR) is 198 cm³/mol. The zero-order chi connectivity index (χ0) is 36.3. The smallest absolute Gasteiger partial charge is 0.351 e. The fourth-order valence-electron chi connectivity index (χ4n) is 9.14. The summed E-state index contributed by atoms with van der Waals surface area (Å²) in [6.45, 7) is 6.25. The van der Waals surface area contributed by atoms with Gasteiger partial charge in [-0.05, 0) is 92.4 Å². The van der Waals surface area contributed by atoms with Crippen molar-refractivity contribution in [2.24, 2.45) is 23.7 Å². The van der Waals surface area contributed by atoms with Crippen LogP contribution in [0, 0.1) is 35.0 Å². The molecule has 0 N–H and O–H groups in total. The van der Waals surface area contributed by atoms with Gasteiger partial charge in [-0.3, -0.25) is 9.59 Å². The molecule has 0 amide bonds. The van der Waals surface area contributed by atoms with E-state index in [-0.39, 0.29) is 47.8 Å². The van der Waals surface area contributed by atoms with E-state index >= 15 is 0 Å². The van der Waals surface area contributed by atoms with Crippen LogP contribution in [0.3, 0.4) is 0 Å². The number of nitriles is 1. The lowest BCUT2D eigenvalue weighted by Gasteiger charge is -2.44. The van der Waals surface area contributed by atoms with E-state index in [1.54, 1.807) is 18.9 Å². The van der Waals surface area contributed by atoms with Crippen molar-refractivity contribution in [1.29, 1.82) is 5.26 Å². The lowest BCUT2D eigenvalue weighted by Crippen LogP contribution is -2.32. The van der Waals surface area contributed by atoms with Crippen molar-refractivity contribution < 1.29 is 28.6 Å². The van der Waals surface area contributed by atoms with Gasteiger partial charge in [0.25, 0.3) is 0 Å². The summed E-state index contributed by atoms with van der Waals surface area (Å²) >= 11 is 1.20. The summed E-state index contributed by atoms with van der Waals surface area (Å²) in [7, 11) is 1.77. The fraction of sp³-hybridized carbons (Fsp3) is 0.442. The van der Waals surface area contributed by atoms with Crippen molar-refractivity contribution in [1.82, 2.24) is 0 Å². The van der Waals surface area contributed by atoms with Crippen LogP contribution in [0.25, 0.3) is 0 Å². The number of ether oxygens (including phenoxy) is 3. The molecule has 1 aliphatic heterocycles. The first kappa shape index (κ1) is 34.5. The summed E-state index contributed by atoms with van der Waals surface area (Å²) in [6, 6.07) is 18.8. The monoisotopic (exact) mass is 716 g/mol. The molecule has 0 spiro atoms. The minimum Gasteiger partial charge on any atom is -0.462 e. The minimum atomic E-state index is -0.735. The normalized spacial score (nSPS) is 26.2. The van der Waals surface area contributed by atoms with Crippen LogP contribution in [0.1, 0.15) is 117 Å². The number of fused-ring (bicyclic) bond motifs is 1. The van der Waals surface area contributed by atoms with E-state index in [2.05, 4.69) is 44.2 Å². The zero-order valence-electron chi connectivity index (χ0n) is 30.2. The highest BCUT2D eigenvalue weighted by Gasteiger charge is 2.50. The van der Waals surface area contributed by atoms with E-state index in [1.807, 2.05) is 24.3 Å². The van der Waals surface area contributed by atoms with Gasteiger partial charge in [-0.15, -0.1) is 0 Å². The van der Waals surface area contributed by atoms with Gasteiger partial charge in [0.1, 0.15) is 16.8 Å². The van der Waals surface area contributed by atoms with Crippen LogP contribution >= 0.6 is 11.8 Å². The SMILES string of the molecule is CCOC(=O)/C(C#N)=C1/Sc2c(OC(=O)C3CCC(C)CC3)c3c(c(OC(=O)C4CCC(C)CC4)c2N1C)C1c2ccccc2C3c2ccccc21. The average Bonchev–Trinajstić information content (AvgIpc) is 3.49. The molecule has 1 heterocycles. The summed E-state index contributed by atoms with van der Waals surface area (Å²) < 4.78 is 18.7. The summed E-state index contributed by atoms with van der Waals surface area (Å²) in [5, 5.41) is 10.7. The van der Waals surface area contributed by atoms with Gasteiger partial charge in [-0.2, -0.15) is 5.26 Å². The van der Waals surface area contributed by atoms with Gasteiger partial charge in [0.05, 0.1) is 23.3 Å². The minimum absolute atomic E-state index is 0.110. The largest absolute Gasteiger partial charge is 0.462 e. The summed E-state index contributed by atoms with van der Waals surface area (Å²) in [5.41, 5.74) is 6.47. The van der Waals surface area contributed by atoms with E-state index in [1.165, 1.54) is 11.8 Å². The second kappa shape index (κ2) is 13.8. The quantitative estimate of drug-likeness (QED) is 0.0737. The van der Waals surface area contributed by atoms with Crippen molar-refractivity contribution in [3.63, 3.8) is 0 Å². The van der Waals surface area contributed by atoms with Crippen LogP contribution in [-0.2, 0) is 19.1 Å². The molecule has 0 saturated heterocycles. The Kier molecular flexibility index (Phi) is 9.15. The molecular weight excluding hydrogens is 673 g/mol. The van der Waals surface area contributed by atoms with Gasteiger partial charge in [0.2, 0.25) is 0 Å². The number of carbonyl (C=O) groups excluding carboxylic acids is 3. The number of anilines is 1. The number of thioether (sulfide) groups is 1. The summed E-state index contributed by atoms with van der Waals surface area (Å²) in [4.78, 5) is 44.0. The molecule has 0 atom stereocenters. The number of hydrogen-bond acceptors (Lipinski definition) is 9. The Morgan fingerprint density at radius 2 is 1.19 bits per heavy atom. The second-order valence-corrected chi connectivity index (χ2v) is 16.2. The molecule has 52 heavy (non-hydrogen) atoms. The van der Waals surface area contributed by atoms with Crippen molar-refractivity contribution in [3.05, 3.63) is 92.5 Å². The van der Waals surface area contributed by atoms with E-state index in [0.717, 1.165) is 84.7 Å².